The average molecular weight is 224 g/mol. The third kappa shape index (κ3) is 3.83. The maximum atomic E-state index is 5.90. The Bertz CT molecular complexity index is 357. The van der Waals surface area contributed by atoms with Crippen LogP contribution in [0, 0.1) is 12.3 Å². The van der Waals surface area contributed by atoms with Crippen molar-refractivity contribution >= 4 is 11.6 Å². The van der Waals surface area contributed by atoms with E-state index in [9.17, 15) is 0 Å². The Hall–Kier alpha value is -1.17. The van der Waals surface area contributed by atoms with Crippen molar-refractivity contribution in [1.82, 2.24) is 5.32 Å². The van der Waals surface area contributed by atoms with E-state index in [1.165, 1.54) is 0 Å². The molecule has 80 valence electrons. The van der Waals surface area contributed by atoms with Crippen LogP contribution in [0.4, 0.5) is 0 Å². The molecule has 1 N–H and O–H groups in total. The number of methoxy groups -OCH3 is 1. The minimum absolute atomic E-state index is 0.713. The molecule has 0 saturated heterocycles. The predicted molar refractivity (Wildman–Crippen MR) is 63.2 cm³/mol. The molecule has 0 aliphatic heterocycles. The molecule has 0 radical (unpaired) electrons. The first-order chi connectivity index (χ1) is 7.27. The average Bonchev–Trinajstić information content (AvgIpc) is 2.25. The van der Waals surface area contributed by atoms with E-state index in [-0.39, 0.29) is 0 Å². The molecule has 1 rings (SSSR count). The first-order valence-corrected chi connectivity index (χ1v) is 5.12. The molecule has 3 heteroatoms. The lowest BCUT2D eigenvalue weighted by molar-refractivity contribution is 0.408. The molecule has 0 aliphatic carbocycles. The van der Waals surface area contributed by atoms with Gasteiger partial charge in [-0.1, -0.05) is 11.6 Å². The Morgan fingerprint density at radius 1 is 1.53 bits per heavy atom. The molecule has 0 heterocycles. The zero-order chi connectivity index (χ0) is 11.1. The number of halogens is 1. The quantitative estimate of drug-likeness (QED) is 0.612. The van der Waals surface area contributed by atoms with Gasteiger partial charge >= 0.3 is 0 Å². The number of terminal acetylenes is 1. The summed E-state index contributed by atoms with van der Waals surface area (Å²) in [4.78, 5) is 0. The fraction of sp³-hybridized carbons (Fsp3) is 0.333. The monoisotopic (exact) mass is 223 g/mol. The highest BCUT2D eigenvalue weighted by atomic mass is 35.5. The molecule has 0 atom stereocenters. The normalized spacial score (nSPS) is 9.67. The highest BCUT2D eigenvalue weighted by Gasteiger charge is 2.02. The Balaban J connectivity index is 2.58. The Morgan fingerprint density at radius 2 is 2.33 bits per heavy atom. The zero-order valence-electron chi connectivity index (χ0n) is 8.72. The summed E-state index contributed by atoms with van der Waals surface area (Å²) in [6.07, 6.45) is 5.88. The minimum atomic E-state index is 0.713. The summed E-state index contributed by atoms with van der Waals surface area (Å²) >= 11 is 5.90. The van der Waals surface area contributed by atoms with Gasteiger partial charge in [-0.3, -0.25) is 0 Å². The molecule has 2 nitrogen and oxygen atoms in total. The summed E-state index contributed by atoms with van der Waals surface area (Å²) in [7, 11) is 1.65. The molecule has 0 unspecified atom stereocenters. The largest absolute Gasteiger partial charge is 0.496 e. The topological polar surface area (TPSA) is 21.3 Å². The fourth-order valence-corrected chi connectivity index (χ4v) is 1.46. The van der Waals surface area contributed by atoms with E-state index in [1.54, 1.807) is 7.11 Å². The van der Waals surface area contributed by atoms with Crippen LogP contribution >= 0.6 is 11.6 Å². The summed E-state index contributed by atoms with van der Waals surface area (Å²) < 4.78 is 5.22. The van der Waals surface area contributed by atoms with Crippen molar-refractivity contribution in [2.24, 2.45) is 0 Å². The minimum Gasteiger partial charge on any atom is -0.496 e. The van der Waals surface area contributed by atoms with Crippen LogP contribution in [0.25, 0.3) is 0 Å². The van der Waals surface area contributed by atoms with Crippen LogP contribution in [0.1, 0.15) is 12.0 Å². The fourth-order valence-electron chi connectivity index (χ4n) is 1.27. The van der Waals surface area contributed by atoms with Crippen molar-refractivity contribution in [3.63, 3.8) is 0 Å². The first kappa shape index (κ1) is 11.9. The molecular weight excluding hydrogens is 210 g/mol. The number of ether oxygens (including phenoxy) is 1. The maximum Gasteiger partial charge on any atom is 0.123 e. The van der Waals surface area contributed by atoms with Crippen molar-refractivity contribution in [2.75, 3.05) is 13.7 Å². The SMILES string of the molecule is C#CCCNCc1cc(Cl)ccc1OC. The molecule has 0 amide bonds. The highest BCUT2D eigenvalue weighted by molar-refractivity contribution is 6.30. The predicted octanol–water partition coefficient (Wildman–Crippen LogP) is 2.46. The van der Waals surface area contributed by atoms with Crippen LogP contribution in [0.2, 0.25) is 5.02 Å². The number of nitrogens with one attached hydrogen (secondary N) is 1. The molecule has 0 aliphatic rings. The second kappa shape index (κ2) is 6.34. The Kier molecular flexibility index (Phi) is 5.03. The third-order valence-corrected chi connectivity index (χ3v) is 2.24. The van der Waals surface area contributed by atoms with Crippen LogP contribution in [-0.2, 0) is 6.54 Å². The first-order valence-electron chi connectivity index (χ1n) is 4.74. The zero-order valence-corrected chi connectivity index (χ0v) is 9.47. The molecule has 1 aromatic carbocycles. The van der Waals surface area contributed by atoms with E-state index in [2.05, 4.69) is 11.2 Å². The number of rotatable bonds is 5. The van der Waals surface area contributed by atoms with Crippen molar-refractivity contribution in [3.8, 4) is 18.1 Å². The van der Waals surface area contributed by atoms with E-state index in [0.717, 1.165) is 24.3 Å². The van der Waals surface area contributed by atoms with Gasteiger partial charge in [0, 0.05) is 30.1 Å². The molecular formula is C12H14ClNO. The summed E-state index contributed by atoms with van der Waals surface area (Å²) in [5, 5.41) is 3.94. The molecule has 0 spiro atoms. The van der Waals surface area contributed by atoms with Gasteiger partial charge in [-0.15, -0.1) is 12.3 Å². The molecule has 0 fully saturated rings. The van der Waals surface area contributed by atoms with Crippen LogP contribution in [-0.4, -0.2) is 13.7 Å². The molecule has 15 heavy (non-hydrogen) atoms. The van der Waals surface area contributed by atoms with Crippen molar-refractivity contribution in [1.29, 1.82) is 0 Å². The van der Waals surface area contributed by atoms with Crippen molar-refractivity contribution in [2.45, 2.75) is 13.0 Å². The molecule has 0 saturated carbocycles. The molecule has 0 aromatic heterocycles. The van der Waals surface area contributed by atoms with E-state index in [1.807, 2.05) is 18.2 Å². The van der Waals surface area contributed by atoms with Gasteiger partial charge in [-0.25, -0.2) is 0 Å². The summed E-state index contributed by atoms with van der Waals surface area (Å²) in [5.41, 5.74) is 1.04. The van der Waals surface area contributed by atoms with Gasteiger partial charge in [0.15, 0.2) is 0 Å². The summed E-state index contributed by atoms with van der Waals surface area (Å²) in [5.74, 6) is 3.41. The highest BCUT2D eigenvalue weighted by Crippen LogP contribution is 2.22. The summed E-state index contributed by atoms with van der Waals surface area (Å²) in [6.45, 7) is 1.51. The molecule has 1 aromatic rings. The lowest BCUT2D eigenvalue weighted by Crippen LogP contribution is -2.14. The number of hydrogen-bond acceptors (Lipinski definition) is 2. The lowest BCUT2D eigenvalue weighted by atomic mass is 10.2. The van der Waals surface area contributed by atoms with E-state index in [0.29, 0.717) is 11.6 Å². The van der Waals surface area contributed by atoms with Gasteiger partial charge in [0.2, 0.25) is 0 Å². The maximum absolute atomic E-state index is 5.90. The van der Waals surface area contributed by atoms with E-state index >= 15 is 0 Å². The number of benzene rings is 1. The van der Waals surface area contributed by atoms with E-state index < -0.39 is 0 Å². The van der Waals surface area contributed by atoms with Crippen LogP contribution < -0.4 is 10.1 Å². The van der Waals surface area contributed by atoms with Gasteiger partial charge in [-0.05, 0) is 18.2 Å². The van der Waals surface area contributed by atoms with Crippen molar-refractivity contribution in [3.05, 3.63) is 28.8 Å². The van der Waals surface area contributed by atoms with Crippen LogP contribution in [0.5, 0.6) is 5.75 Å². The number of hydrogen-bond donors (Lipinski definition) is 1. The Morgan fingerprint density at radius 3 is 3.00 bits per heavy atom. The van der Waals surface area contributed by atoms with Gasteiger partial charge in [0.25, 0.3) is 0 Å². The smallest absolute Gasteiger partial charge is 0.123 e. The molecule has 0 bridgehead atoms. The van der Waals surface area contributed by atoms with Gasteiger partial charge in [0.1, 0.15) is 5.75 Å². The lowest BCUT2D eigenvalue weighted by Gasteiger charge is -2.09. The van der Waals surface area contributed by atoms with Crippen LogP contribution in [0.3, 0.4) is 0 Å². The van der Waals surface area contributed by atoms with Gasteiger partial charge < -0.3 is 10.1 Å². The second-order valence-electron chi connectivity index (χ2n) is 3.09. The van der Waals surface area contributed by atoms with Gasteiger partial charge in [-0.2, -0.15) is 0 Å². The van der Waals surface area contributed by atoms with Gasteiger partial charge in [0.05, 0.1) is 7.11 Å². The van der Waals surface area contributed by atoms with Crippen LogP contribution in [0.15, 0.2) is 18.2 Å². The second-order valence-corrected chi connectivity index (χ2v) is 3.52. The summed E-state index contributed by atoms with van der Waals surface area (Å²) in [6, 6.07) is 5.56. The standard InChI is InChI=1S/C12H14ClNO/c1-3-4-7-14-9-10-8-11(13)5-6-12(10)15-2/h1,5-6,8,14H,4,7,9H2,2H3. The third-order valence-electron chi connectivity index (χ3n) is 2.00. The van der Waals surface area contributed by atoms with Crippen molar-refractivity contribution < 1.29 is 4.74 Å². The Labute approximate surface area is 95.6 Å². The van der Waals surface area contributed by atoms with E-state index in [4.69, 9.17) is 22.8 Å².